The molecule has 1 aromatic heterocycles. The van der Waals surface area contributed by atoms with Gasteiger partial charge in [-0.25, -0.2) is 9.53 Å². The number of aliphatic hydroxyl groups excluding tert-OH is 1. The molecule has 2 heterocycles. The lowest BCUT2D eigenvalue weighted by Gasteiger charge is -2.45. The Bertz CT molecular complexity index is 952. The van der Waals surface area contributed by atoms with Crippen LogP contribution in [0, 0.1) is 6.57 Å². The summed E-state index contributed by atoms with van der Waals surface area (Å²) in [7, 11) is 4.57. The first-order chi connectivity index (χ1) is 13.4. The van der Waals surface area contributed by atoms with E-state index in [0.717, 1.165) is 0 Å². The Balaban J connectivity index is 0.00000300. The van der Waals surface area contributed by atoms with E-state index < -0.39 is 17.7 Å². The second-order valence-corrected chi connectivity index (χ2v) is 6.61. The Morgan fingerprint density at radius 1 is 1.31 bits per heavy atom. The first-order valence-corrected chi connectivity index (χ1v) is 8.61. The third kappa shape index (κ3) is 4.38. The molecule has 2 aromatic rings. The van der Waals surface area contributed by atoms with E-state index in [0.29, 0.717) is 22.8 Å². The maximum atomic E-state index is 11.6. The number of hydrogen-bond acceptors (Lipinski definition) is 7. The van der Waals surface area contributed by atoms with Gasteiger partial charge >= 0.3 is 0 Å². The quantitative estimate of drug-likeness (QED) is 0.681. The largest absolute Gasteiger partial charge is 0.479 e. The van der Waals surface area contributed by atoms with Gasteiger partial charge < -0.3 is 24.6 Å². The van der Waals surface area contributed by atoms with Gasteiger partial charge in [-0.05, 0) is 18.2 Å². The van der Waals surface area contributed by atoms with Crippen LogP contribution in [0.25, 0.3) is 4.85 Å². The molecule has 156 valence electrons. The lowest BCUT2D eigenvalue weighted by Crippen LogP contribution is -2.60. The van der Waals surface area contributed by atoms with E-state index in [4.69, 9.17) is 20.8 Å². The number of nitrogens with one attached hydrogen (secondary N) is 1. The van der Waals surface area contributed by atoms with Gasteiger partial charge in [0.25, 0.3) is 5.56 Å². The van der Waals surface area contributed by atoms with Crippen molar-refractivity contribution in [1.29, 1.82) is 0 Å². The Morgan fingerprint density at radius 3 is 2.59 bits per heavy atom. The number of aryl methyl sites for hydroxylation is 1. The van der Waals surface area contributed by atoms with E-state index in [1.54, 1.807) is 25.2 Å². The molecule has 0 saturated carbocycles. The third-order valence-electron chi connectivity index (χ3n) is 4.67. The van der Waals surface area contributed by atoms with Crippen molar-refractivity contribution in [2.45, 2.75) is 17.7 Å². The SMILES string of the molecule is S.[C-]#[N+]c1ccc2c(c1)[C@@H](Nc1ccc(=O)n(C)n1)[C@H](O)C(COC)(COC)O2. The molecule has 9 nitrogen and oxygen atoms in total. The minimum absolute atomic E-state index is 0. The average molecular weight is 420 g/mol. The van der Waals surface area contributed by atoms with Crippen molar-refractivity contribution in [3.63, 3.8) is 0 Å². The number of nitrogens with zero attached hydrogens (tertiary/aromatic N) is 3. The fourth-order valence-electron chi connectivity index (χ4n) is 3.35. The van der Waals surface area contributed by atoms with Crippen LogP contribution < -0.4 is 15.6 Å². The normalized spacial score (nSPS) is 19.3. The summed E-state index contributed by atoms with van der Waals surface area (Å²) in [6, 6.07) is 7.26. The molecular formula is C19H24N4O5S. The van der Waals surface area contributed by atoms with Crippen LogP contribution in [0.2, 0.25) is 0 Å². The van der Waals surface area contributed by atoms with Gasteiger partial charge in [-0.1, -0.05) is 6.07 Å². The van der Waals surface area contributed by atoms with Gasteiger partial charge in [0.2, 0.25) is 0 Å². The first kappa shape index (κ1) is 22.7. The Labute approximate surface area is 175 Å². The Kier molecular flexibility index (Phi) is 7.26. The Morgan fingerprint density at radius 2 is 2.00 bits per heavy atom. The summed E-state index contributed by atoms with van der Waals surface area (Å²) in [4.78, 5) is 15.1. The minimum Gasteiger partial charge on any atom is -0.479 e. The van der Waals surface area contributed by atoms with E-state index in [2.05, 4.69) is 15.3 Å². The highest BCUT2D eigenvalue weighted by atomic mass is 32.1. The minimum atomic E-state index is -1.16. The van der Waals surface area contributed by atoms with Crippen molar-refractivity contribution in [2.75, 3.05) is 32.8 Å². The summed E-state index contributed by atoms with van der Waals surface area (Å²) >= 11 is 0. The van der Waals surface area contributed by atoms with Crippen molar-refractivity contribution in [2.24, 2.45) is 7.05 Å². The van der Waals surface area contributed by atoms with Crippen molar-refractivity contribution >= 4 is 25.0 Å². The van der Waals surface area contributed by atoms with Crippen molar-refractivity contribution < 1.29 is 19.3 Å². The molecule has 0 radical (unpaired) electrons. The predicted octanol–water partition coefficient (Wildman–Crippen LogP) is 1.38. The number of benzene rings is 1. The fraction of sp³-hybridized carbons (Fsp3) is 0.421. The van der Waals surface area contributed by atoms with E-state index in [1.165, 1.54) is 31.0 Å². The van der Waals surface area contributed by atoms with Crippen LogP contribution in [0.4, 0.5) is 11.5 Å². The highest BCUT2D eigenvalue weighted by Gasteiger charge is 2.50. The maximum absolute atomic E-state index is 11.6. The van der Waals surface area contributed by atoms with Crippen LogP contribution in [0.1, 0.15) is 11.6 Å². The summed E-state index contributed by atoms with van der Waals surface area (Å²) in [5.41, 5.74) is -0.379. The summed E-state index contributed by atoms with van der Waals surface area (Å²) in [5, 5.41) is 18.6. The van der Waals surface area contributed by atoms with Gasteiger partial charge in [0.15, 0.2) is 11.3 Å². The summed E-state index contributed by atoms with van der Waals surface area (Å²) in [6.07, 6.45) is -1.08. The van der Waals surface area contributed by atoms with Gasteiger partial charge in [-0.3, -0.25) is 4.79 Å². The number of rotatable bonds is 6. The monoisotopic (exact) mass is 420 g/mol. The van der Waals surface area contributed by atoms with E-state index in [-0.39, 0.29) is 32.3 Å². The zero-order valence-corrected chi connectivity index (χ0v) is 17.4. The smallest absolute Gasteiger partial charge is 0.266 e. The van der Waals surface area contributed by atoms with Crippen LogP contribution in [-0.4, -0.2) is 54.0 Å². The van der Waals surface area contributed by atoms with Crippen LogP contribution in [0.5, 0.6) is 5.75 Å². The van der Waals surface area contributed by atoms with E-state index in [9.17, 15) is 9.90 Å². The molecular weight excluding hydrogens is 396 g/mol. The number of hydrogen-bond donors (Lipinski definition) is 2. The molecule has 1 aliphatic rings. The summed E-state index contributed by atoms with van der Waals surface area (Å²) in [5.74, 6) is 0.907. The number of aromatic nitrogens is 2. The molecule has 0 fully saturated rings. The lowest BCUT2D eigenvalue weighted by atomic mass is 9.84. The topological polar surface area (TPSA) is 99.2 Å². The summed E-state index contributed by atoms with van der Waals surface area (Å²) < 4.78 is 17.9. The molecule has 2 N–H and O–H groups in total. The molecule has 10 heteroatoms. The predicted molar refractivity (Wildman–Crippen MR) is 112 cm³/mol. The van der Waals surface area contributed by atoms with Crippen molar-refractivity contribution in [1.82, 2.24) is 9.78 Å². The number of aliphatic hydroxyl groups is 1. The molecule has 1 aliphatic heterocycles. The van der Waals surface area contributed by atoms with Crippen molar-refractivity contribution in [3.05, 3.63) is 57.7 Å². The molecule has 0 unspecified atom stereocenters. The van der Waals surface area contributed by atoms with Gasteiger partial charge in [0.1, 0.15) is 17.7 Å². The van der Waals surface area contributed by atoms with Crippen LogP contribution in [-0.2, 0) is 16.5 Å². The maximum Gasteiger partial charge on any atom is 0.266 e. The van der Waals surface area contributed by atoms with Crippen LogP contribution >= 0.6 is 13.5 Å². The van der Waals surface area contributed by atoms with E-state index in [1.807, 2.05) is 0 Å². The molecule has 0 bridgehead atoms. The van der Waals surface area contributed by atoms with Gasteiger partial charge in [-0.15, -0.1) is 0 Å². The Hall–Kier alpha value is -2.58. The van der Waals surface area contributed by atoms with Crippen molar-refractivity contribution in [3.8, 4) is 5.75 Å². The average Bonchev–Trinajstić information content (AvgIpc) is 2.68. The van der Waals surface area contributed by atoms with Gasteiger partial charge in [0, 0.05) is 32.9 Å². The third-order valence-corrected chi connectivity index (χ3v) is 4.67. The zero-order chi connectivity index (χ0) is 20.3. The van der Waals surface area contributed by atoms with Gasteiger partial charge in [-0.2, -0.15) is 18.6 Å². The molecule has 0 saturated heterocycles. The molecule has 0 spiro atoms. The summed E-state index contributed by atoms with van der Waals surface area (Å²) in [6.45, 7) is 7.45. The lowest BCUT2D eigenvalue weighted by molar-refractivity contribution is -0.142. The number of anilines is 1. The molecule has 3 rings (SSSR count). The highest BCUT2D eigenvalue weighted by molar-refractivity contribution is 7.59. The zero-order valence-electron chi connectivity index (χ0n) is 16.4. The standard InChI is InChI=1S/C19H22N4O5.H2S/c1-20-12-5-6-14-13(9-12)17(21-15-7-8-16(24)23(2)22-15)18(25)19(28-14,10-26-3)11-27-4;/h5-9,17-18,25H,10-11H2,2-4H3,(H,21,22);1H2/t17-,18+;/m1./s1. The van der Waals surface area contributed by atoms with Gasteiger partial charge in [0.05, 0.1) is 25.8 Å². The number of fused-ring (bicyclic) bond motifs is 1. The van der Waals surface area contributed by atoms with E-state index >= 15 is 0 Å². The molecule has 0 aliphatic carbocycles. The number of ether oxygens (including phenoxy) is 3. The highest BCUT2D eigenvalue weighted by Crippen LogP contribution is 2.43. The molecule has 0 amide bonds. The second-order valence-electron chi connectivity index (χ2n) is 6.61. The fourth-order valence-corrected chi connectivity index (χ4v) is 3.35. The van der Waals surface area contributed by atoms with Crippen LogP contribution in [0.15, 0.2) is 35.1 Å². The molecule has 1 aromatic carbocycles. The first-order valence-electron chi connectivity index (χ1n) is 8.61. The second kappa shape index (κ2) is 9.28. The molecule has 2 atom stereocenters. The van der Waals surface area contributed by atoms with Crippen LogP contribution in [0.3, 0.4) is 0 Å². The number of methoxy groups -OCH3 is 2. The molecule has 29 heavy (non-hydrogen) atoms.